The SMILES string of the molecule is CCOc1ccc(C(=O)OCCN(CCOC(=O)c2ccc(OCC)cc2)C(=O)c2ccc(OCC)cc2)cc1. The molecule has 0 atom stereocenters. The first-order valence-corrected chi connectivity index (χ1v) is 13.3. The summed E-state index contributed by atoms with van der Waals surface area (Å²) in [6.07, 6.45) is 0. The number of carbonyl (C=O) groups excluding carboxylic acids is 3. The maximum atomic E-state index is 13.3. The fourth-order valence-electron chi connectivity index (χ4n) is 3.73. The summed E-state index contributed by atoms with van der Waals surface area (Å²) >= 11 is 0. The molecule has 3 rings (SSSR count). The Kier molecular flexibility index (Phi) is 11.8. The summed E-state index contributed by atoms with van der Waals surface area (Å²) in [6.45, 7) is 7.33. The number of carbonyl (C=O) groups is 3. The summed E-state index contributed by atoms with van der Waals surface area (Å²) in [7, 11) is 0. The Bertz CT molecular complexity index is 1160. The second kappa shape index (κ2) is 15.8. The fourth-order valence-corrected chi connectivity index (χ4v) is 3.73. The van der Waals surface area contributed by atoms with Crippen LogP contribution in [0.5, 0.6) is 17.2 Å². The minimum Gasteiger partial charge on any atom is -0.494 e. The van der Waals surface area contributed by atoms with Gasteiger partial charge in [-0.3, -0.25) is 4.79 Å². The zero-order chi connectivity index (χ0) is 28.7. The Balaban J connectivity index is 1.60. The van der Waals surface area contributed by atoms with Gasteiger partial charge in [0.25, 0.3) is 5.91 Å². The highest BCUT2D eigenvalue weighted by molar-refractivity contribution is 5.94. The molecule has 0 heterocycles. The summed E-state index contributed by atoms with van der Waals surface area (Å²) in [5.74, 6) is 0.644. The van der Waals surface area contributed by atoms with Gasteiger partial charge in [0.15, 0.2) is 0 Å². The average molecular weight is 550 g/mol. The van der Waals surface area contributed by atoms with E-state index in [-0.39, 0.29) is 32.2 Å². The van der Waals surface area contributed by atoms with Crippen molar-refractivity contribution < 1.29 is 38.1 Å². The highest BCUT2D eigenvalue weighted by Crippen LogP contribution is 2.16. The minimum atomic E-state index is -0.515. The van der Waals surface area contributed by atoms with Crippen LogP contribution in [-0.4, -0.2) is 68.9 Å². The molecule has 0 aliphatic heterocycles. The van der Waals surface area contributed by atoms with Crippen molar-refractivity contribution in [1.82, 2.24) is 4.90 Å². The van der Waals surface area contributed by atoms with E-state index in [9.17, 15) is 14.4 Å². The normalized spacial score (nSPS) is 10.4. The van der Waals surface area contributed by atoms with Crippen LogP contribution in [0.25, 0.3) is 0 Å². The Morgan fingerprint density at radius 1 is 0.525 bits per heavy atom. The lowest BCUT2D eigenvalue weighted by Gasteiger charge is -2.23. The number of hydrogen-bond acceptors (Lipinski definition) is 8. The number of ether oxygens (including phenoxy) is 5. The van der Waals surface area contributed by atoms with Gasteiger partial charge >= 0.3 is 11.9 Å². The van der Waals surface area contributed by atoms with Crippen molar-refractivity contribution >= 4 is 17.8 Å². The molecule has 0 unspecified atom stereocenters. The highest BCUT2D eigenvalue weighted by atomic mass is 16.5. The number of amides is 1. The van der Waals surface area contributed by atoms with Gasteiger partial charge in [0.05, 0.1) is 44.0 Å². The molecule has 0 saturated heterocycles. The third-order valence-electron chi connectivity index (χ3n) is 5.69. The fraction of sp³-hybridized carbons (Fsp3) is 0.323. The molecule has 3 aromatic carbocycles. The molecule has 0 N–H and O–H groups in total. The van der Waals surface area contributed by atoms with E-state index >= 15 is 0 Å². The first-order valence-electron chi connectivity index (χ1n) is 13.3. The van der Waals surface area contributed by atoms with E-state index in [1.54, 1.807) is 72.8 Å². The lowest BCUT2D eigenvalue weighted by atomic mass is 10.2. The number of hydrogen-bond donors (Lipinski definition) is 0. The largest absolute Gasteiger partial charge is 0.494 e. The van der Waals surface area contributed by atoms with E-state index in [1.165, 1.54) is 4.90 Å². The maximum Gasteiger partial charge on any atom is 0.338 e. The van der Waals surface area contributed by atoms with Gasteiger partial charge in [-0.15, -0.1) is 0 Å². The Labute approximate surface area is 234 Å². The quantitative estimate of drug-likeness (QED) is 0.243. The lowest BCUT2D eigenvalue weighted by Crippen LogP contribution is -2.37. The maximum absolute atomic E-state index is 13.3. The van der Waals surface area contributed by atoms with E-state index in [1.807, 2.05) is 20.8 Å². The molecule has 1 amide bonds. The number of rotatable bonds is 15. The molecule has 40 heavy (non-hydrogen) atoms. The van der Waals surface area contributed by atoms with Crippen molar-refractivity contribution in [2.24, 2.45) is 0 Å². The van der Waals surface area contributed by atoms with Gasteiger partial charge in [-0.2, -0.15) is 0 Å². The van der Waals surface area contributed by atoms with E-state index in [0.29, 0.717) is 53.8 Å². The van der Waals surface area contributed by atoms with E-state index in [4.69, 9.17) is 23.7 Å². The van der Waals surface area contributed by atoms with E-state index in [0.717, 1.165) is 0 Å². The molecule has 0 bridgehead atoms. The van der Waals surface area contributed by atoms with Gasteiger partial charge in [-0.1, -0.05) is 0 Å². The summed E-state index contributed by atoms with van der Waals surface area (Å²) in [6, 6.07) is 20.0. The van der Waals surface area contributed by atoms with Crippen LogP contribution in [0.15, 0.2) is 72.8 Å². The van der Waals surface area contributed by atoms with Gasteiger partial charge in [0.2, 0.25) is 0 Å². The standard InChI is InChI=1S/C31H35NO8/c1-4-36-26-13-7-23(8-14-26)29(33)32(19-21-39-30(34)24-9-15-27(16-10-24)37-5-2)20-22-40-31(35)25-11-17-28(18-12-25)38-6-3/h7-18H,4-6,19-22H2,1-3H3. The molecule has 0 fully saturated rings. The van der Waals surface area contributed by atoms with Gasteiger partial charge < -0.3 is 28.6 Å². The smallest absolute Gasteiger partial charge is 0.338 e. The summed E-state index contributed by atoms with van der Waals surface area (Å²) in [4.78, 5) is 39.8. The van der Waals surface area contributed by atoms with E-state index in [2.05, 4.69) is 0 Å². The molecule has 0 aliphatic rings. The molecule has 0 spiro atoms. The molecular weight excluding hydrogens is 514 g/mol. The molecule has 212 valence electrons. The highest BCUT2D eigenvalue weighted by Gasteiger charge is 2.18. The number of nitrogens with zero attached hydrogens (tertiary/aromatic N) is 1. The van der Waals surface area contributed by atoms with Crippen molar-refractivity contribution in [1.29, 1.82) is 0 Å². The zero-order valence-electron chi connectivity index (χ0n) is 23.1. The van der Waals surface area contributed by atoms with Crippen LogP contribution >= 0.6 is 0 Å². The van der Waals surface area contributed by atoms with Crippen LogP contribution in [-0.2, 0) is 9.47 Å². The molecular formula is C31H35NO8. The lowest BCUT2D eigenvalue weighted by molar-refractivity contribution is 0.0362. The average Bonchev–Trinajstić information content (AvgIpc) is 2.97. The van der Waals surface area contributed by atoms with Gasteiger partial charge in [-0.25, -0.2) is 9.59 Å². The molecule has 9 heteroatoms. The topological polar surface area (TPSA) is 101 Å². The van der Waals surface area contributed by atoms with Crippen molar-refractivity contribution in [3.8, 4) is 17.2 Å². The van der Waals surface area contributed by atoms with Crippen LogP contribution in [0.2, 0.25) is 0 Å². The summed E-state index contributed by atoms with van der Waals surface area (Å²) < 4.78 is 27.1. The Hall–Kier alpha value is -4.53. The molecule has 3 aromatic rings. The molecule has 0 aromatic heterocycles. The molecule has 9 nitrogen and oxygen atoms in total. The second-order valence-corrected chi connectivity index (χ2v) is 8.44. The third-order valence-corrected chi connectivity index (χ3v) is 5.69. The van der Waals surface area contributed by atoms with Gasteiger partial charge in [-0.05, 0) is 93.6 Å². The van der Waals surface area contributed by atoms with E-state index < -0.39 is 11.9 Å². The van der Waals surface area contributed by atoms with Crippen molar-refractivity contribution in [2.75, 3.05) is 46.1 Å². The van der Waals surface area contributed by atoms with Gasteiger partial charge in [0, 0.05) is 5.56 Å². The summed E-state index contributed by atoms with van der Waals surface area (Å²) in [5, 5.41) is 0. The first kappa shape index (κ1) is 30.0. The number of esters is 2. The minimum absolute atomic E-state index is 0.0400. The predicted molar refractivity (Wildman–Crippen MR) is 149 cm³/mol. The van der Waals surface area contributed by atoms with Crippen LogP contribution in [0, 0.1) is 0 Å². The zero-order valence-corrected chi connectivity index (χ0v) is 23.1. The molecule has 0 saturated carbocycles. The number of benzene rings is 3. The van der Waals surface area contributed by atoms with Crippen LogP contribution in [0.4, 0.5) is 0 Å². The van der Waals surface area contributed by atoms with Crippen LogP contribution in [0.3, 0.4) is 0 Å². The Morgan fingerprint density at radius 3 is 1.18 bits per heavy atom. The van der Waals surface area contributed by atoms with Crippen molar-refractivity contribution in [3.05, 3.63) is 89.5 Å². The third kappa shape index (κ3) is 9.04. The van der Waals surface area contributed by atoms with Gasteiger partial charge in [0.1, 0.15) is 30.5 Å². The van der Waals surface area contributed by atoms with Crippen molar-refractivity contribution in [3.63, 3.8) is 0 Å². The first-order chi connectivity index (χ1) is 19.4. The molecule has 0 radical (unpaired) electrons. The Morgan fingerprint density at radius 2 is 0.850 bits per heavy atom. The van der Waals surface area contributed by atoms with Crippen LogP contribution in [0.1, 0.15) is 51.8 Å². The monoisotopic (exact) mass is 549 g/mol. The van der Waals surface area contributed by atoms with Crippen LogP contribution < -0.4 is 14.2 Å². The predicted octanol–water partition coefficient (Wildman–Crippen LogP) is 5.04. The molecule has 0 aliphatic carbocycles. The van der Waals surface area contributed by atoms with Crippen molar-refractivity contribution in [2.45, 2.75) is 20.8 Å². The second-order valence-electron chi connectivity index (χ2n) is 8.44. The summed E-state index contributed by atoms with van der Waals surface area (Å²) in [5.41, 5.74) is 1.17.